The first-order valence-corrected chi connectivity index (χ1v) is 8.22. The average Bonchev–Trinajstić information content (AvgIpc) is 2.01. The Hall–Kier alpha value is -0.680. The van der Waals surface area contributed by atoms with E-state index in [-0.39, 0.29) is 4.90 Å². The molecule has 0 amide bonds. The molecule has 14 heavy (non-hydrogen) atoms. The summed E-state index contributed by atoms with van der Waals surface area (Å²) in [4.78, 5) is 0.926. The lowest BCUT2D eigenvalue weighted by Gasteiger charge is -2.01. The number of sulfone groups is 1. The molecule has 0 radical (unpaired) electrons. The SMILES string of the molecule is CS(=O)(=O)c1ccc([S+](C)(C)=O)cc1. The summed E-state index contributed by atoms with van der Waals surface area (Å²) in [5.41, 5.74) is 0. The molecule has 0 atom stereocenters. The number of hydrogen-bond donors (Lipinski definition) is 0. The van der Waals surface area contributed by atoms with Gasteiger partial charge in [-0.05, 0) is 24.3 Å². The van der Waals surface area contributed by atoms with Gasteiger partial charge in [0.1, 0.15) is 22.4 Å². The first-order valence-electron chi connectivity index (χ1n) is 3.95. The van der Waals surface area contributed by atoms with Crippen molar-refractivity contribution < 1.29 is 12.6 Å². The van der Waals surface area contributed by atoms with E-state index in [9.17, 15) is 12.6 Å². The minimum atomic E-state index is -3.16. The van der Waals surface area contributed by atoms with Crippen molar-refractivity contribution in [2.75, 3.05) is 18.8 Å². The van der Waals surface area contributed by atoms with E-state index < -0.39 is 19.8 Å². The van der Waals surface area contributed by atoms with Crippen LogP contribution in [0.25, 0.3) is 0 Å². The lowest BCUT2D eigenvalue weighted by molar-refractivity contribution is 0.590. The fraction of sp³-hybridized carbons (Fsp3) is 0.333. The third kappa shape index (κ3) is 2.65. The van der Waals surface area contributed by atoms with E-state index in [0.717, 1.165) is 6.26 Å². The number of benzene rings is 1. The van der Waals surface area contributed by atoms with Crippen molar-refractivity contribution >= 4 is 19.8 Å². The first-order chi connectivity index (χ1) is 6.21. The maximum Gasteiger partial charge on any atom is 0.175 e. The van der Waals surface area contributed by atoms with E-state index in [1.807, 2.05) is 0 Å². The molecule has 0 unspecified atom stereocenters. The van der Waals surface area contributed by atoms with Crippen LogP contribution in [0.5, 0.6) is 0 Å². The van der Waals surface area contributed by atoms with Gasteiger partial charge in [0.15, 0.2) is 14.7 Å². The molecule has 0 saturated carbocycles. The zero-order chi connectivity index (χ0) is 11.0. The van der Waals surface area contributed by atoms with Crippen LogP contribution in [0, 0.1) is 0 Å². The molecule has 0 fully saturated rings. The highest BCUT2D eigenvalue weighted by molar-refractivity contribution is 8.01. The number of rotatable bonds is 2. The van der Waals surface area contributed by atoms with E-state index in [1.165, 1.54) is 12.1 Å². The van der Waals surface area contributed by atoms with Crippen LogP contribution in [0.1, 0.15) is 0 Å². The minimum absolute atomic E-state index is 0.255. The Morgan fingerprint density at radius 1 is 1.07 bits per heavy atom. The molecule has 78 valence electrons. The molecule has 0 bridgehead atoms. The summed E-state index contributed by atoms with van der Waals surface area (Å²) in [6.45, 7) is 0. The molecule has 0 aliphatic carbocycles. The van der Waals surface area contributed by atoms with Gasteiger partial charge in [0.25, 0.3) is 0 Å². The summed E-state index contributed by atoms with van der Waals surface area (Å²) in [6.07, 6.45) is 4.40. The van der Waals surface area contributed by atoms with Crippen LogP contribution in [-0.2, 0) is 24.0 Å². The molecule has 0 N–H and O–H groups in total. The summed E-state index contributed by atoms with van der Waals surface area (Å²) >= 11 is 0. The molecule has 0 aromatic heterocycles. The Balaban J connectivity index is 3.21. The predicted molar refractivity (Wildman–Crippen MR) is 57.7 cm³/mol. The van der Waals surface area contributed by atoms with Crippen LogP contribution >= 0.6 is 0 Å². The molecule has 0 aliphatic heterocycles. The topological polar surface area (TPSA) is 51.2 Å². The van der Waals surface area contributed by atoms with E-state index in [4.69, 9.17) is 0 Å². The summed E-state index contributed by atoms with van der Waals surface area (Å²) in [6, 6.07) is 6.16. The second-order valence-electron chi connectivity index (χ2n) is 3.48. The van der Waals surface area contributed by atoms with Crippen molar-refractivity contribution in [3.05, 3.63) is 24.3 Å². The zero-order valence-corrected chi connectivity index (χ0v) is 9.98. The molecular formula is C9H13O3S2+. The average molecular weight is 233 g/mol. The second-order valence-corrected chi connectivity index (χ2v) is 8.43. The second kappa shape index (κ2) is 3.47. The van der Waals surface area contributed by atoms with Crippen molar-refractivity contribution in [2.24, 2.45) is 0 Å². The molecule has 5 heteroatoms. The van der Waals surface area contributed by atoms with Crippen LogP contribution in [0.2, 0.25) is 0 Å². The van der Waals surface area contributed by atoms with E-state index >= 15 is 0 Å². The maximum atomic E-state index is 11.6. The Morgan fingerprint density at radius 2 is 1.50 bits per heavy atom. The quantitative estimate of drug-likeness (QED) is 0.721. The molecule has 0 heterocycles. The monoisotopic (exact) mass is 233 g/mol. The van der Waals surface area contributed by atoms with Gasteiger partial charge in [-0.2, -0.15) is 0 Å². The molecule has 0 aliphatic rings. The van der Waals surface area contributed by atoms with Gasteiger partial charge in [0.2, 0.25) is 0 Å². The van der Waals surface area contributed by atoms with Crippen LogP contribution in [0.4, 0.5) is 0 Å². The van der Waals surface area contributed by atoms with E-state index in [0.29, 0.717) is 4.90 Å². The molecule has 1 aromatic rings. The van der Waals surface area contributed by atoms with Crippen LogP contribution in [0.3, 0.4) is 0 Å². The normalized spacial score (nSPS) is 12.8. The maximum absolute atomic E-state index is 11.6. The highest BCUT2D eigenvalue weighted by Gasteiger charge is 2.17. The third-order valence-electron chi connectivity index (χ3n) is 1.82. The van der Waals surface area contributed by atoms with Crippen LogP contribution < -0.4 is 0 Å². The van der Waals surface area contributed by atoms with Gasteiger partial charge in [-0.1, -0.05) is 0 Å². The van der Waals surface area contributed by atoms with Crippen molar-refractivity contribution in [3.8, 4) is 0 Å². The van der Waals surface area contributed by atoms with Crippen LogP contribution in [0.15, 0.2) is 34.1 Å². The fourth-order valence-electron chi connectivity index (χ4n) is 1.01. The van der Waals surface area contributed by atoms with Gasteiger partial charge >= 0.3 is 0 Å². The Labute approximate surface area is 85.5 Å². The van der Waals surface area contributed by atoms with Gasteiger partial charge in [0, 0.05) is 6.26 Å². The van der Waals surface area contributed by atoms with Crippen molar-refractivity contribution in [1.82, 2.24) is 0 Å². The number of hydrogen-bond acceptors (Lipinski definition) is 3. The van der Waals surface area contributed by atoms with Gasteiger partial charge < -0.3 is 0 Å². The van der Waals surface area contributed by atoms with Gasteiger partial charge in [-0.15, -0.1) is 4.21 Å². The standard InChI is InChI=1S/C9H13O3S2/c1-13(2,10)8-4-6-9(7-5-8)14(3,11)12/h4-7H,1-3H3/q+1. The van der Waals surface area contributed by atoms with Crippen molar-refractivity contribution in [1.29, 1.82) is 0 Å². The van der Waals surface area contributed by atoms with Crippen LogP contribution in [-0.4, -0.2) is 27.2 Å². The van der Waals surface area contributed by atoms with Gasteiger partial charge in [-0.3, -0.25) is 0 Å². The molecule has 0 saturated heterocycles. The first kappa shape index (κ1) is 11.4. The molecule has 1 aromatic carbocycles. The van der Waals surface area contributed by atoms with E-state index in [1.54, 1.807) is 24.6 Å². The highest BCUT2D eigenvalue weighted by Crippen LogP contribution is 2.17. The Bertz CT molecular complexity index is 465. The summed E-state index contributed by atoms with van der Waals surface area (Å²) in [5, 5.41) is 0. The summed E-state index contributed by atoms with van der Waals surface area (Å²) in [5.74, 6) is 0. The van der Waals surface area contributed by atoms with Gasteiger partial charge in [0.05, 0.1) is 4.90 Å². The van der Waals surface area contributed by atoms with Crippen molar-refractivity contribution in [3.63, 3.8) is 0 Å². The minimum Gasteiger partial charge on any atom is -0.224 e. The molecular weight excluding hydrogens is 220 g/mol. The lowest BCUT2D eigenvalue weighted by atomic mass is 10.4. The molecule has 3 nitrogen and oxygen atoms in total. The molecule has 0 spiro atoms. The Kier molecular flexibility index (Phi) is 2.83. The summed E-state index contributed by atoms with van der Waals surface area (Å²) < 4.78 is 33.8. The zero-order valence-electron chi connectivity index (χ0n) is 8.35. The predicted octanol–water partition coefficient (Wildman–Crippen LogP) is 1.21. The fourth-order valence-corrected chi connectivity index (χ4v) is 2.44. The summed E-state index contributed by atoms with van der Waals surface area (Å²) in [7, 11) is -5.17. The third-order valence-corrected chi connectivity index (χ3v) is 4.36. The highest BCUT2D eigenvalue weighted by atomic mass is 32.2. The lowest BCUT2D eigenvalue weighted by Crippen LogP contribution is -2.05. The smallest absolute Gasteiger partial charge is 0.175 e. The molecule has 1 rings (SSSR count). The largest absolute Gasteiger partial charge is 0.224 e. The Morgan fingerprint density at radius 3 is 1.79 bits per heavy atom. The van der Waals surface area contributed by atoms with Crippen molar-refractivity contribution in [2.45, 2.75) is 9.79 Å². The van der Waals surface area contributed by atoms with Gasteiger partial charge in [-0.25, -0.2) is 8.42 Å². The van der Waals surface area contributed by atoms with E-state index in [2.05, 4.69) is 0 Å².